The molecule has 0 bridgehead atoms. The van der Waals surface area contributed by atoms with E-state index in [2.05, 4.69) is 10.6 Å². The fourth-order valence-corrected chi connectivity index (χ4v) is 2.43. The van der Waals surface area contributed by atoms with Gasteiger partial charge in [0.05, 0.1) is 7.11 Å². The van der Waals surface area contributed by atoms with E-state index >= 15 is 0 Å². The standard InChI is InChI=1S/C15H12Cl2N2O2S/c1-21-13-4-2-12(3-5-13)18-15(22)19-14(20)9-6-10(16)8-11(17)7-9/h2-8H,1H3,(H2,18,19,20,22). The summed E-state index contributed by atoms with van der Waals surface area (Å²) < 4.78 is 5.06. The van der Waals surface area contributed by atoms with Crippen LogP contribution >= 0.6 is 35.4 Å². The largest absolute Gasteiger partial charge is 0.497 e. The van der Waals surface area contributed by atoms with E-state index in [1.165, 1.54) is 12.1 Å². The molecule has 0 aliphatic heterocycles. The summed E-state index contributed by atoms with van der Waals surface area (Å²) in [6.45, 7) is 0. The second-order valence-electron chi connectivity index (χ2n) is 4.29. The number of thiocarbonyl (C=S) groups is 1. The molecule has 1 amide bonds. The molecule has 0 saturated carbocycles. The SMILES string of the molecule is COc1ccc(NC(=S)NC(=O)c2cc(Cl)cc(Cl)c2)cc1. The van der Waals surface area contributed by atoms with Crippen molar-refractivity contribution in [3.63, 3.8) is 0 Å². The molecule has 7 heteroatoms. The van der Waals surface area contributed by atoms with Crippen LogP contribution in [0, 0.1) is 0 Å². The zero-order valence-corrected chi connectivity index (χ0v) is 13.9. The molecule has 2 rings (SSSR count). The Hall–Kier alpha value is -1.82. The molecular formula is C15H12Cl2N2O2S. The summed E-state index contributed by atoms with van der Waals surface area (Å²) >= 11 is 16.8. The fraction of sp³-hybridized carbons (Fsp3) is 0.0667. The Morgan fingerprint density at radius 2 is 1.68 bits per heavy atom. The third kappa shape index (κ3) is 4.59. The van der Waals surface area contributed by atoms with Gasteiger partial charge in [0.1, 0.15) is 5.75 Å². The maximum atomic E-state index is 12.1. The van der Waals surface area contributed by atoms with Crippen LogP contribution in [0.4, 0.5) is 5.69 Å². The molecule has 114 valence electrons. The molecule has 0 aliphatic rings. The lowest BCUT2D eigenvalue weighted by atomic mass is 10.2. The number of nitrogens with one attached hydrogen (secondary N) is 2. The van der Waals surface area contributed by atoms with E-state index in [9.17, 15) is 4.79 Å². The lowest BCUT2D eigenvalue weighted by molar-refractivity contribution is 0.0977. The summed E-state index contributed by atoms with van der Waals surface area (Å²) in [5.41, 5.74) is 1.06. The van der Waals surface area contributed by atoms with Gasteiger partial charge in [-0.15, -0.1) is 0 Å². The number of carbonyl (C=O) groups excluding carboxylic acids is 1. The van der Waals surface area contributed by atoms with Crippen molar-refractivity contribution in [3.05, 3.63) is 58.1 Å². The third-order valence-corrected chi connectivity index (χ3v) is 3.34. The molecule has 0 aliphatic carbocycles. The second-order valence-corrected chi connectivity index (χ2v) is 5.58. The van der Waals surface area contributed by atoms with Gasteiger partial charge in [-0.25, -0.2) is 0 Å². The van der Waals surface area contributed by atoms with Gasteiger partial charge in [-0.05, 0) is 54.7 Å². The summed E-state index contributed by atoms with van der Waals surface area (Å²) in [4.78, 5) is 12.1. The maximum Gasteiger partial charge on any atom is 0.257 e. The predicted octanol–water partition coefficient (Wildman–Crippen LogP) is 4.13. The molecule has 4 nitrogen and oxygen atoms in total. The van der Waals surface area contributed by atoms with E-state index in [-0.39, 0.29) is 5.11 Å². The molecule has 2 aromatic rings. The predicted molar refractivity (Wildman–Crippen MR) is 93.1 cm³/mol. The maximum absolute atomic E-state index is 12.1. The Labute approximate surface area is 143 Å². The number of anilines is 1. The highest BCUT2D eigenvalue weighted by atomic mass is 35.5. The van der Waals surface area contributed by atoms with Gasteiger partial charge in [-0.3, -0.25) is 10.1 Å². The average molecular weight is 355 g/mol. The van der Waals surface area contributed by atoms with Gasteiger partial charge in [0, 0.05) is 21.3 Å². The van der Waals surface area contributed by atoms with Crippen LogP contribution in [0.15, 0.2) is 42.5 Å². The van der Waals surface area contributed by atoms with Crippen LogP contribution in [-0.2, 0) is 0 Å². The van der Waals surface area contributed by atoms with E-state index in [1.54, 1.807) is 37.4 Å². The first-order chi connectivity index (χ1) is 10.5. The van der Waals surface area contributed by atoms with Gasteiger partial charge >= 0.3 is 0 Å². The van der Waals surface area contributed by atoms with Crippen LogP contribution in [0.1, 0.15) is 10.4 Å². The molecule has 0 aromatic heterocycles. The molecule has 0 atom stereocenters. The minimum atomic E-state index is -0.393. The molecule has 0 fully saturated rings. The van der Waals surface area contributed by atoms with Crippen molar-refractivity contribution in [2.24, 2.45) is 0 Å². The average Bonchev–Trinajstić information content (AvgIpc) is 2.47. The number of methoxy groups -OCH3 is 1. The lowest BCUT2D eigenvalue weighted by Crippen LogP contribution is -2.34. The molecular weight excluding hydrogens is 343 g/mol. The smallest absolute Gasteiger partial charge is 0.257 e. The van der Waals surface area contributed by atoms with Gasteiger partial charge < -0.3 is 10.1 Å². The van der Waals surface area contributed by atoms with Crippen molar-refractivity contribution in [1.82, 2.24) is 5.32 Å². The first-order valence-corrected chi connectivity index (χ1v) is 7.37. The van der Waals surface area contributed by atoms with Gasteiger partial charge in [0.2, 0.25) is 0 Å². The monoisotopic (exact) mass is 354 g/mol. The molecule has 2 N–H and O–H groups in total. The number of hydrogen-bond acceptors (Lipinski definition) is 3. The van der Waals surface area contributed by atoms with Crippen LogP contribution < -0.4 is 15.4 Å². The molecule has 0 radical (unpaired) electrons. The topological polar surface area (TPSA) is 50.4 Å². The Morgan fingerprint density at radius 1 is 1.09 bits per heavy atom. The summed E-state index contributed by atoms with van der Waals surface area (Å²) in [7, 11) is 1.59. The molecule has 0 heterocycles. The van der Waals surface area contributed by atoms with Crippen LogP contribution in [0.3, 0.4) is 0 Å². The van der Waals surface area contributed by atoms with E-state index in [0.717, 1.165) is 11.4 Å². The van der Waals surface area contributed by atoms with Gasteiger partial charge in [-0.2, -0.15) is 0 Å². The summed E-state index contributed by atoms with van der Waals surface area (Å²) in [6.07, 6.45) is 0. The first kappa shape index (κ1) is 16.5. The van der Waals surface area contributed by atoms with Crippen molar-refractivity contribution in [1.29, 1.82) is 0 Å². The highest BCUT2D eigenvalue weighted by Crippen LogP contribution is 2.19. The number of hydrogen-bond donors (Lipinski definition) is 2. The Bertz CT molecular complexity index is 685. The van der Waals surface area contributed by atoms with E-state index in [4.69, 9.17) is 40.2 Å². The number of halogens is 2. The Balaban J connectivity index is 2.00. The molecule has 2 aromatic carbocycles. The van der Waals surface area contributed by atoms with Gasteiger partial charge in [0.15, 0.2) is 5.11 Å². The highest BCUT2D eigenvalue weighted by Gasteiger charge is 2.10. The normalized spacial score (nSPS) is 9.95. The lowest BCUT2D eigenvalue weighted by Gasteiger charge is -2.10. The van der Waals surface area contributed by atoms with Crippen LogP contribution in [0.25, 0.3) is 0 Å². The Kier molecular flexibility index (Phi) is 5.60. The highest BCUT2D eigenvalue weighted by molar-refractivity contribution is 7.80. The zero-order chi connectivity index (χ0) is 16.1. The van der Waals surface area contributed by atoms with E-state index in [1.807, 2.05) is 0 Å². The Morgan fingerprint density at radius 3 is 2.23 bits per heavy atom. The summed E-state index contributed by atoms with van der Waals surface area (Å²) in [5, 5.41) is 6.40. The van der Waals surface area contributed by atoms with E-state index < -0.39 is 5.91 Å². The minimum absolute atomic E-state index is 0.172. The third-order valence-electron chi connectivity index (χ3n) is 2.70. The number of rotatable bonds is 3. The molecule has 0 unspecified atom stereocenters. The number of ether oxygens (including phenoxy) is 1. The van der Waals surface area contributed by atoms with Crippen LogP contribution in [-0.4, -0.2) is 18.1 Å². The van der Waals surface area contributed by atoms with Crippen molar-refractivity contribution in [2.75, 3.05) is 12.4 Å². The van der Waals surface area contributed by atoms with Crippen LogP contribution in [0.2, 0.25) is 10.0 Å². The fourth-order valence-electron chi connectivity index (χ4n) is 1.70. The number of carbonyl (C=O) groups is 1. The van der Waals surface area contributed by atoms with Crippen molar-refractivity contribution >= 4 is 52.1 Å². The summed E-state index contributed by atoms with van der Waals surface area (Å²) in [6, 6.07) is 11.7. The quantitative estimate of drug-likeness (QED) is 0.813. The van der Waals surface area contributed by atoms with Crippen molar-refractivity contribution < 1.29 is 9.53 Å². The van der Waals surface area contributed by atoms with Crippen molar-refractivity contribution in [2.45, 2.75) is 0 Å². The van der Waals surface area contributed by atoms with E-state index in [0.29, 0.717) is 15.6 Å². The first-order valence-electron chi connectivity index (χ1n) is 6.20. The van der Waals surface area contributed by atoms with Crippen LogP contribution in [0.5, 0.6) is 5.75 Å². The van der Waals surface area contributed by atoms with Crippen molar-refractivity contribution in [3.8, 4) is 5.75 Å². The summed E-state index contributed by atoms with van der Waals surface area (Å²) in [5.74, 6) is 0.337. The minimum Gasteiger partial charge on any atom is -0.497 e. The van der Waals surface area contributed by atoms with Gasteiger partial charge in [0.25, 0.3) is 5.91 Å². The molecule has 0 saturated heterocycles. The zero-order valence-electron chi connectivity index (χ0n) is 11.5. The van der Waals surface area contributed by atoms with Gasteiger partial charge in [-0.1, -0.05) is 23.2 Å². The molecule has 22 heavy (non-hydrogen) atoms. The molecule has 0 spiro atoms. The second kappa shape index (κ2) is 7.45. The number of amides is 1. The number of benzene rings is 2.